The topological polar surface area (TPSA) is 36.4 Å². The van der Waals surface area contributed by atoms with Crippen molar-refractivity contribution in [3.8, 4) is 0 Å². The second kappa shape index (κ2) is 6.47. The molecule has 1 aliphatic carbocycles. The smallest absolute Gasteiger partial charge is 0.0928 e. The molecule has 0 radical (unpaired) electrons. The second-order valence-corrected chi connectivity index (χ2v) is 5.70. The van der Waals surface area contributed by atoms with Gasteiger partial charge >= 0.3 is 0 Å². The summed E-state index contributed by atoms with van der Waals surface area (Å²) in [6.45, 7) is 4.13. The average Bonchev–Trinajstić information content (AvgIpc) is 2.64. The minimum absolute atomic E-state index is 0.252. The molecule has 1 aromatic rings. The van der Waals surface area contributed by atoms with E-state index in [9.17, 15) is 0 Å². The summed E-state index contributed by atoms with van der Waals surface area (Å²) in [6, 6.07) is 0.679. The van der Waals surface area contributed by atoms with Gasteiger partial charge in [0.05, 0.1) is 17.3 Å². The molecule has 1 heterocycles. The maximum absolute atomic E-state index is 9.11. The molecule has 0 aromatic carbocycles. The lowest BCUT2D eigenvalue weighted by Gasteiger charge is -2.36. The van der Waals surface area contributed by atoms with Gasteiger partial charge in [-0.15, -0.1) is 11.3 Å². The summed E-state index contributed by atoms with van der Waals surface area (Å²) in [6.07, 6.45) is 6.16. The lowest BCUT2D eigenvalue weighted by Crippen LogP contribution is -2.41. The van der Waals surface area contributed by atoms with Crippen molar-refractivity contribution >= 4 is 11.3 Å². The fraction of sp³-hybridized carbons (Fsp3) is 0.769. The quantitative estimate of drug-likeness (QED) is 0.812. The highest BCUT2D eigenvalue weighted by molar-refractivity contribution is 7.09. The molecule has 1 aliphatic rings. The number of aliphatic hydroxyl groups excluding tert-OH is 1. The molecule has 96 valence electrons. The molecule has 0 atom stereocenters. The van der Waals surface area contributed by atoms with E-state index >= 15 is 0 Å². The molecular formula is C13H22N2OS. The van der Waals surface area contributed by atoms with Crippen molar-refractivity contribution in [2.24, 2.45) is 0 Å². The Morgan fingerprint density at radius 3 is 2.94 bits per heavy atom. The predicted octanol–water partition coefficient (Wildman–Crippen LogP) is 2.44. The van der Waals surface area contributed by atoms with E-state index in [-0.39, 0.29) is 6.61 Å². The molecule has 3 nitrogen and oxygen atoms in total. The van der Waals surface area contributed by atoms with Gasteiger partial charge in [0.25, 0.3) is 0 Å². The van der Waals surface area contributed by atoms with E-state index in [1.54, 1.807) is 11.3 Å². The van der Waals surface area contributed by atoms with Crippen LogP contribution in [0.3, 0.4) is 0 Å². The van der Waals surface area contributed by atoms with Crippen molar-refractivity contribution in [3.63, 3.8) is 0 Å². The van der Waals surface area contributed by atoms with Crippen LogP contribution in [0.2, 0.25) is 0 Å². The van der Waals surface area contributed by atoms with Crippen molar-refractivity contribution in [2.75, 3.05) is 13.2 Å². The molecule has 0 unspecified atom stereocenters. The first-order valence-electron chi connectivity index (χ1n) is 6.61. The molecule has 2 rings (SSSR count). The number of thiazole rings is 1. The van der Waals surface area contributed by atoms with Gasteiger partial charge in [-0.2, -0.15) is 0 Å². The summed E-state index contributed by atoms with van der Waals surface area (Å²) in [5.74, 6) is 0. The van der Waals surface area contributed by atoms with Crippen LogP contribution in [0.15, 0.2) is 5.38 Å². The summed E-state index contributed by atoms with van der Waals surface area (Å²) in [7, 11) is 0. The van der Waals surface area contributed by atoms with Crippen LogP contribution >= 0.6 is 11.3 Å². The summed E-state index contributed by atoms with van der Waals surface area (Å²) < 4.78 is 0. The van der Waals surface area contributed by atoms with Crippen LogP contribution in [-0.2, 0) is 13.0 Å². The summed E-state index contributed by atoms with van der Waals surface area (Å²) >= 11 is 1.77. The first-order valence-corrected chi connectivity index (χ1v) is 7.49. The van der Waals surface area contributed by atoms with Gasteiger partial charge in [-0.25, -0.2) is 4.98 Å². The molecule has 1 saturated carbocycles. The van der Waals surface area contributed by atoms with Crippen LogP contribution in [-0.4, -0.2) is 34.2 Å². The second-order valence-electron chi connectivity index (χ2n) is 4.76. The maximum atomic E-state index is 9.11. The molecule has 0 saturated heterocycles. The Bertz CT molecular complexity index is 336. The number of rotatable bonds is 7. The van der Waals surface area contributed by atoms with E-state index < -0.39 is 0 Å². The number of nitrogens with zero attached hydrogens (tertiary/aromatic N) is 2. The van der Waals surface area contributed by atoms with E-state index in [1.807, 2.05) is 0 Å². The summed E-state index contributed by atoms with van der Waals surface area (Å²) in [5, 5.41) is 12.5. The average molecular weight is 254 g/mol. The Labute approximate surface area is 107 Å². The zero-order valence-electron chi connectivity index (χ0n) is 10.6. The SMILES string of the molecule is CCCc1nc(CN(CCO)C2CCC2)cs1. The van der Waals surface area contributed by atoms with Gasteiger partial charge in [0.2, 0.25) is 0 Å². The van der Waals surface area contributed by atoms with Crippen LogP contribution in [0.5, 0.6) is 0 Å². The van der Waals surface area contributed by atoms with Gasteiger partial charge in [0.15, 0.2) is 0 Å². The number of aromatic nitrogens is 1. The van der Waals surface area contributed by atoms with Crippen LogP contribution in [0.4, 0.5) is 0 Å². The lowest BCUT2D eigenvalue weighted by molar-refractivity contribution is 0.0935. The van der Waals surface area contributed by atoms with Gasteiger partial charge in [0, 0.05) is 24.5 Å². The number of hydrogen-bond donors (Lipinski definition) is 1. The van der Waals surface area contributed by atoms with Crippen molar-refractivity contribution in [1.82, 2.24) is 9.88 Å². The summed E-state index contributed by atoms with van der Waals surface area (Å²) in [4.78, 5) is 7.04. The number of hydrogen-bond acceptors (Lipinski definition) is 4. The molecule has 17 heavy (non-hydrogen) atoms. The van der Waals surface area contributed by atoms with Crippen LogP contribution in [0, 0.1) is 0 Å². The van der Waals surface area contributed by atoms with E-state index in [0.29, 0.717) is 6.04 Å². The van der Waals surface area contributed by atoms with Crippen molar-refractivity contribution in [2.45, 2.75) is 51.6 Å². The molecule has 0 bridgehead atoms. The Kier molecular flexibility index (Phi) is 4.95. The highest BCUT2D eigenvalue weighted by atomic mass is 32.1. The fourth-order valence-electron chi connectivity index (χ4n) is 2.23. The van der Waals surface area contributed by atoms with E-state index in [0.717, 1.165) is 25.9 Å². The molecule has 1 fully saturated rings. The monoisotopic (exact) mass is 254 g/mol. The Morgan fingerprint density at radius 1 is 1.53 bits per heavy atom. The number of aryl methyl sites for hydroxylation is 1. The normalized spacial score (nSPS) is 16.4. The van der Waals surface area contributed by atoms with Gasteiger partial charge in [-0.05, 0) is 25.7 Å². The fourth-order valence-corrected chi connectivity index (χ4v) is 3.12. The third kappa shape index (κ3) is 3.50. The third-order valence-corrected chi connectivity index (χ3v) is 4.36. The standard InChI is InChI=1S/C13H22N2OS/c1-2-4-13-14-11(10-17-13)9-15(7-8-16)12-5-3-6-12/h10,12,16H,2-9H2,1H3. The first kappa shape index (κ1) is 13.0. The van der Waals surface area contributed by atoms with Crippen LogP contribution in [0.1, 0.15) is 43.3 Å². The van der Waals surface area contributed by atoms with Crippen molar-refractivity contribution < 1.29 is 5.11 Å². The Balaban J connectivity index is 1.90. The minimum Gasteiger partial charge on any atom is -0.395 e. The molecule has 1 N–H and O–H groups in total. The molecule has 4 heteroatoms. The number of aliphatic hydroxyl groups is 1. The Hall–Kier alpha value is -0.450. The van der Waals surface area contributed by atoms with Crippen LogP contribution in [0.25, 0.3) is 0 Å². The van der Waals surface area contributed by atoms with E-state index in [2.05, 4.69) is 22.2 Å². The van der Waals surface area contributed by atoms with Crippen molar-refractivity contribution in [3.05, 3.63) is 16.1 Å². The molecular weight excluding hydrogens is 232 g/mol. The molecule has 0 spiro atoms. The largest absolute Gasteiger partial charge is 0.395 e. The lowest BCUT2D eigenvalue weighted by atomic mass is 9.91. The van der Waals surface area contributed by atoms with E-state index in [1.165, 1.54) is 30.0 Å². The van der Waals surface area contributed by atoms with Crippen LogP contribution < -0.4 is 0 Å². The van der Waals surface area contributed by atoms with Gasteiger partial charge in [-0.1, -0.05) is 13.3 Å². The van der Waals surface area contributed by atoms with Gasteiger partial charge < -0.3 is 5.11 Å². The summed E-state index contributed by atoms with van der Waals surface area (Å²) in [5.41, 5.74) is 1.18. The zero-order valence-corrected chi connectivity index (χ0v) is 11.4. The highest BCUT2D eigenvalue weighted by Gasteiger charge is 2.24. The highest BCUT2D eigenvalue weighted by Crippen LogP contribution is 2.26. The molecule has 0 aliphatic heterocycles. The third-order valence-electron chi connectivity index (χ3n) is 3.41. The zero-order chi connectivity index (χ0) is 12.1. The van der Waals surface area contributed by atoms with E-state index in [4.69, 9.17) is 5.11 Å². The molecule has 1 aromatic heterocycles. The minimum atomic E-state index is 0.252. The molecule has 0 amide bonds. The first-order chi connectivity index (χ1) is 8.33. The Morgan fingerprint density at radius 2 is 2.35 bits per heavy atom. The van der Waals surface area contributed by atoms with Crippen molar-refractivity contribution in [1.29, 1.82) is 0 Å². The van der Waals surface area contributed by atoms with Gasteiger partial charge in [0.1, 0.15) is 0 Å². The van der Waals surface area contributed by atoms with Gasteiger partial charge in [-0.3, -0.25) is 4.90 Å². The maximum Gasteiger partial charge on any atom is 0.0928 e. The predicted molar refractivity (Wildman–Crippen MR) is 71.2 cm³/mol.